The molecular formula is C10H15NO. The molecule has 0 atom stereocenters. The van der Waals surface area contributed by atoms with Crippen molar-refractivity contribution in [2.45, 2.75) is 32.8 Å². The molecule has 1 aliphatic heterocycles. The van der Waals surface area contributed by atoms with E-state index in [1.807, 2.05) is 32.9 Å². The molecule has 12 heavy (non-hydrogen) atoms. The Morgan fingerprint density at radius 1 is 1.67 bits per heavy atom. The summed E-state index contributed by atoms with van der Waals surface area (Å²) in [4.78, 5) is 5.21. The highest BCUT2D eigenvalue weighted by Crippen LogP contribution is 2.25. The predicted molar refractivity (Wildman–Crippen MR) is 51.2 cm³/mol. The molecular weight excluding hydrogens is 150 g/mol. The molecule has 0 N–H and O–H groups in total. The van der Waals surface area contributed by atoms with E-state index in [1.54, 1.807) is 0 Å². The average molecular weight is 165 g/mol. The van der Waals surface area contributed by atoms with E-state index in [9.17, 15) is 0 Å². The van der Waals surface area contributed by atoms with Gasteiger partial charge in [-0.1, -0.05) is 23.9 Å². The van der Waals surface area contributed by atoms with Crippen molar-refractivity contribution >= 4 is 5.71 Å². The molecule has 0 saturated carbocycles. The van der Waals surface area contributed by atoms with Crippen LogP contribution in [0.1, 0.15) is 27.2 Å². The number of hydrogen-bond donors (Lipinski definition) is 0. The first-order valence-electron chi connectivity index (χ1n) is 4.12. The molecule has 1 aliphatic rings. The van der Waals surface area contributed by atoms with Crippen LogP contribution in [-0.2, 0) is 4.84 Å². The van der Waals surface area contributed by atoms with E-state index in [4.69, 9.17) is 4.84 Å². The first kappa shape index (κ1) is 9.04. The molecule has 0 aromatic rings. The van der Waals surface area contributed by atoms with Crippen molar-refractivity contribution in [3.05, 3.63) is 24.3 Å². The summed E-state index contributed by atoms with van der Waals surface area (Å²) in [5.74, 6) is 0. The summed E-state index contributed by atoms with van der Waals surface area (Å²) in [6.07, 6.45) is 4.75. The van der Waals surface area contributed by atoms with Gasteiger partial charge in [0.2, 0.25) is 0 Å². The smallest absolute Gasteiger partial charge is 0.137 e. The molecule has 0 aliphatic carbocycles. The topological polar surface area (TPSA) is 21.6 Å². The molecule has 0 fully saturated rings. The Bertz CT molecular complexity index is 249. The van der Waals surface area contributed by atoms with Crippen molar-refractivity contribution in [2.75, 3.05) is 0 Å². The molecule has 0 saturated heterocycles. The van der Waals surface area contributed by atoms with Gasteiger partial charge >= 0.3 is 0 Å². The quantitative estimate of drug-likeness (QED) is 0.576. The molecule has 0 aromatic heterocycles. The van der Waals surface area contributed by atoms with Gasteiger partial charge < -0.3 is 4.84 Å². The first-order chi connectivity index (χ1) is 5.55. The number of rotatable bonds is 2. The van der Waals surface area contributed by atoms with E-state index in [0.717, 1.165) is 17.7 Å². The van der Waals surface area contributed by atoms with Gasteiger partial charge in [-0.15, -0.1) is 0 Å². The van der Waals surface area contributed by atoms with Crippen molar-refractivity contribution in [3.63, 3.8) is 0 Å². The molecule has 0 spiro atoms. The molecule has 2 nitrogen and oxygen atoms in total. The minimum Gasteiger partial charge on any atom is -0.389 e. The second-order valence-corrected chi connectivity index (χ2v) is 3.59. The third-order valence-electron chi connectivity index (χ3n) is 1.73. The van der Waals surface area contributed by atoms with Gasteiger partial charge in [0.25, 0.3) is 0 Å². The Morgan fingerprint density at radius 2 is 2.33 bits per heavy atom. The zero-order valence-corrected chi connectivity index (χ0v) is 7.92. The highest BCUT2D eigenvalue weighted by molar-refractivity contribution is 6.02. The highest BCUT2D eigenvalue weighted by atomic mass is 16.7. The Morgan fingerprint density at radius 3 is 2.75 bits per heavy atom. The van der Waals surface area contributed by atoms with Crippen LogP contribution in [0.3, 0.4) is 0 Å². The van der Waals surface area contributed by atoms with Crippen LogP contribution in [0.25, 0.3) is 0 Å². The molecule has 0 amide bonds. The normalized spacial score (nSPS) is 20.8. The molecule has 66 valence electrons. The lowest BCUT2D eigenvalue weighted by Gasteiger charge is -2.13. The minimum atomic E-state index is -0.153. The summed E-state index contributed by atoms with van der Waals surface area (Å²) >= 11 is 0. The molecule has 1 heterocycles. The lowest BCUT2D eigenvalue weighted by molar-refractivity contribution is 0.0123. The molecule has 0 bridgehead atoms. The fourth-order valence-corrected chi connectivity index (χ4v) is 1.12. The van der Waals surface area contributed by atoms with E-state index < -0.39 is 0 Å². The highest BCUT2D eigenvalue weighted by Gasteiger charge is 2.29. The van der Waals surface area contributed by atoms with Gasteiger partial charge in [-0.25, -0.2) is 0 Å². The monoisotopic (exact) mass is 165 g/mol. The molecule has 1 rings (SSSR count). The Hall–Kier alpha value is -1.05. The van der Waals surface area contributed by atoms with Gasteiger partial charge in [0.15, 0.2) is 0 Å². The summed E-state index contributed by atoms with van der Waals surface area (Å²) in [6.45, 7) is 9.90. The number of allylic oxidation sites excluding steroid dienone is 3. The summed E-state index contributed by atoms with van der Waals surface area (Å²) in [6, 6.07) is 0. The summed E-state index contributed by atoms with van der Waals surface area (Å²) in [5.41, 5.74) is 1.75. The molecule has 2 heteroatoms. The second kappa shape index (κ2) is 3.13. The Labute approximate surface area is 73.6 Å². The van der Waals surface area contributed by atoms with Crippen molar-refractivity contribution in [1.82, 2.24) is 0 Å². The van der Waals surface area contributed by atoms with Gasteiger partial charge in [0, 0.05) is 6.42 Å². The average Bonchev–Trinajstić information content (AvgIpc) is 2.31. The summed E-state index contributed by atoms with van der Waals surface area (Å²) in [5, 5.41) is 3.97. The van der Waals surface area contributed by atoms with E-state index >= 15 is 0 Å². The van der Waals surface area contributed by atoms with E-state index in [-0.39, 0.29) is 5.60 Å². The predicted octanol–water partition coefficient (Wildman–Crippen LogP) is 2.67. The van der Waals surface area contributed by atoms with Crippen LogP contribution in [-0.4, -0.2) is 11.3 Å². The maximum atomic E-state index is 5.21. The van der Waals surface area contributed by atoms with Crippen LogP contribution in [0, 0.1) is 0 Å². The van der Waals surface area contributed by atoms with Crippen LogP contribution in [0.4, 0.5) is 0 Å². The van der Waals surface area contributed by atoms with Gasteiger partial charge in [-0.05, 0) is 26.3 Å². The van der Waals surface area contributed by atoms with E-state index in [0.29, 0.717) is 0 Å². The van der Waals surface area contributed by atoms with E-state index in [1.165, 1.54) is 0 Å². The fourth-order valence-electron chi connectivity index (χ4n) is 1.12. The lowest BCUT2D eigenvalue weighted by atomic mass is 9.98. The van der Waals surface area contributed by atoms with Crippen molar-refractivity contribution < 1.29 is 4.84 Å². The van der Waals surface area contributed by atoms with Crippen molar-refractivity contribution in [1.29, 1.82) is 0 Å². The number of nitrogens with zero attached hydrogens (tertiary/aromatic N) is 1. The largest absolute Gasteiger partial charge is 0.389 e. The zero-order chi connectivity index (χ0) is 9.19. The fraction of sp³-hybridized carbons (Fsp3) is 0.500. The van der Waals surface area contributed by atoms with Crippen molar-refractivity contribution in [3.8, 4) is 0 Å². The van der Waals surface area contributed by atoms with Gasteiger partial charge in [-0.3, -0.25) is 0 Å². The standard InChI is InChI=1S/C10H15NO/c1-5-6-8(2)9-7-10(3,4)12-11-9/h5-6H,2,7H2,1,3-4H3/b6-5-. The van der Waals surface area contributed by atoms with Crippen LogP contribution < -0.4 is 0 Å². The lowest BCUT2D eigenvalue weighted by Crippen LogP contribution is -2.19. The maximum Gasteiger partial charge on any atom is 0.137 e. The molecule has 0 unspecified atom stereocenters. The second-order valence-electron chi connectivity index (χ2n) is 3.59. The SMILES string of the molecule is C=C(/C=C\C)C1=NOC(C)(C)C1. The first-order valence-corrected chi connectivity index (χ1v) is 4.12. The van der Waals surface area contributed by atoms with Crippen molar-refractivity contribution in [2.24, 2.45) is 5.16 Å². The Balaban J connectivity index is 2.63. The Kier molecular flexibility index (Phi) is 2.36. The van der Waals surface area contributed by atoms with Crippen LogP contribution in [0.15, 0.2) is 29.5 Å². The third kappa shape index (κ3) is 1.97. The van der Waals surface area contributed by atoms with E-state index in [2.05, 4.69) is 11.7 Å². The van der Waals surface area contributed by atoms with Gasteiger partial charge in [-0.2, -0.15) is 0 Å². The van der Waals surface area contributed by atoms with Gasteiger partial charge in [0.1, 0.15) is 5.60 Å². The van der Waals surface area contributed by atoms with Gasteiger partial charge in [0.05, 0.1) is 5.71 Å². The zero-order valence-electron chi connectivity index (χ0n) is 7.92. The third-order valence-corrected chi connectivity index (χ3v) is 1.73. The number of hydrogen-bond acceptors (Lipinski definition) is 2. The summed E-state index contributed by atoms with van der Waals surface area (Å²) < 4.78 is 0. The number of oxime groups is 1. The summed E-state index contributed by atoms with van der Waals surface area (Å²) in [7, 11) is 0. The molecule has 0 aromatic carbocycles. The maximum absolute atomic E-state index is 5.21. The minimum absolute atomic E-state index is 0.153. The van der Waals surface area contributed by atoms with Crippen LogP contribution in [0.5, 0.6) is 0 Å². The van der Waals surface area contributed by atoms with Crippen LogP contribution in [0.2, 0.25) is 0 Å². The van der Waals surface area contributed by atoms with Crippen LogP contribution >= 0.6 is 0 Å². The molecule has 0 radical (unpaired) electrons.